The SMILES string of the molecule is CCc1cc2c(nc1OC)-c1cc(=O)c(C(=O)O)cn1C2C(C)C. The van der Waals surface area contributed by atoms with Crippen LogP contribution < -0.4 is 10.2 Å². The summed E-state index contributed by atoms with van der Waals surface area (Å²) in [5.74, 6) is -0.454. The average Bonchev–Trinajstić information content (AvgIpc) is 2.85. The van der Waals surface area contributed by atoms with Crippen molar-refractivity contribution >= 4 is 5.97 Å². The standard InChI is InChI=1S/C18H20N2O4/c1-5-10-6-11-15(19-17(10)24-4)13-7-14(21)12(18(22)23)8-20(13)16(11)9(2)3/h6-9,16H,5H2,1-4H3,(H,22,23). The molecule has 126 valence electrons. The lowest BCUT2D eigenvalue weighted by Gasteiger charge is -2.21. The zero-order chi connectivity index (χ0) is 17.6. The molecule has 1 N–H and O–H groups in total. The molecule has 0 spiro atoms. The smallest absolute Gasteiger partial charge is 0.341 e. The summed E-state index contributed by atoms with van der Waals surface area (Å²) in [7, 11) is 1.57. The van der Waals surface area contributed by atoms with Crippen LogP contribution in [0.5, 0.6) is 5.88 Å². The molecule has 24 heavy (non-hydrogen) atoms. The molecule has 0 aromatic carbocycles. The molecule has 3 heterocycles. The Morgan fingerprint density at radius 1 is 1.42 bits per heavy atom. The van der Waals surface area contributed by atoms with Crippen molar-refractivity contribution in [3.63, 3.8) is 0 Å². The van der Waals surface area contributed by atoms with Crippen LogP contribution in [0.25, 0.3) is 11.4 Å². The molecule has 0 saturated carbocycles. The normalized spacial score (nSPS) is 15.3. The third-order valence-electron chi connectivity index (χ3n) is 4.47. The molecule has 1 atom stereocenters. The Bertz CT molecular complexity index is 883. The number of fused-ring (bicyclic) bond motifs is 3. The number of methoxy groups -OCH3 is 1. The topological polar surface area (TPSA) is 81.4 Å². The van der Waals surface area contributed by atoms with E-state index in [4.69, 9.17) is 4.74 Å². The lowest BCUT2D eigenvalue weighted by molar-refractivity contribution is 0.0694. The Labute approximate surface area is 139 Å². The number of carboxylic acid groups (broad SMARTS) is 1. The summed E-state index contributed by atoms with van der Waals surface area (Å²) in [5.41, 5.74) is 2.60. The Balaban J connectivity index is 2.33. The molecule has 1 aliphatic rings. The van der Waals surface area contributed by atoms with Gasteiger partial charge in [0, 0.05) is 23.4 Å². The zero-order valence-corrected chi connectivity index (χ0v) is 14.2. The number of aromatic nitrogens is 2. The Morgan fingerprint density at radius 3 is 2.67 bits per heavy atom. The average molecular weight is 328 g/mol. The molecular weight excluding hydrogens is 308 g/mol. The predicted molar refractivity (Wildman–Crippen MR) is 89.8 cm³/mol. The zero-order valence-electron chi connectivity index (χ0n) is 14.2. The van der Waals surface area contributed by atoms with E-state index in [-0.39, 0.29) is 17.5 Å². The summed E-state index contributed by atoms with van der Waals surface area (Å²) < 4.78 is 7.23. The molecule has 2 aromatic rings. The number of hydrogen-bond acceptors (Lipinski definition) is 4. The molecule has 1 unspecified atom stereocenters. The van der Waals surface area contributed by atoms with Crippen LogP contribution in [-0.4, -0.2) is 27.7 Å². The van der Waals surface area contributed by atoms with Gasteiger partial charge in [0.15, 0.2) is 5.43 Å². The molecule has 0 bridgehead atoms. The van der Waals surface area contributed by atoms with Crippen LogP contribution in [0.3, 0.4) is 0 Å². The molecule has 0 saturated heterocycles. The molecule has 2 aromatic heterocycles. The second-order valence-corrected chi connectivity index (χ2v) is 6.29. The number of hydrogen-bond donors (Lipinski definition) is 1. The van der Waals surface area contributed by atoms with Gasteiger partial charge in [-0.1, -0.05) is 20.8 Å². The van der Waals surface area contributed by atoms with Crippen LogP contribution in [-0.2, 0) is 6.42 Å². The highest BCUT2D eigenvalue weighted by Crippen LogP contribution is 2.43. The van der Waals surface area contributed by atoms with Gasteiger partial charge < -0.3 is 14.4 Å². The van der Waals surface area contributed by atoms with E-state index in [9.17, 15) is 14.7 Å². The maximum Gasteiger partial charge on any atom is 0.341 e. The third kappa shape index (κ3) is 2.29. The highest BCUT2D eigenvalue weighted by atomic mass is 16.5. The maximum atomic E-state index is 12.1. The van der Waals surface area contributed by atoms with E-state index in [1.165, 1.54) is 12.3 Å². The minimum atomic E-state index is -1.21. The van der Waals surface area contributed by atoms with Gasteiger partial charge in [-0.05, 0) is 18.4 Å². The first-order chi connectivity index (χ1) is 11.4. The van der Waals surface area contributed by atoms with Gasteiger partial charge in [0.05, 0.1) is 24.5 Å². The van der Waals surface area contributed by atoms with Crippen molar-refractivity contribution in [2.75, 3.05) is 7.11 Å². The minimum absolute atomic E-state index is 0.0580. The van der Waals surface area contributed by atoms with Crippen molar-refractivity contribution < 1.29 is 14.6 Å². The van der Waals surface area contributed by atoms with Crippen molar-refractivity contribution in [2.24, 2.45) is 5.92 Å². The first-order valence-electron chi connectivity index (χ1n) is 7.96. The van der Waals surface area contributed by atoms with E-state index in [0.717, 1.165) is 17.5 Å². The predicted octanol–water partition coefficient (Wildman–Crippen LogP) is 2.74. The Morgan fingerprint density at radius 2 is 2.12 bits per heavy atom. The monoisotopic (exact) mass is 328 g/mol. The van der Waals surface area contributed by atoms with Gasteiger partial charge in [-0.3, -0.25) is 4.79 Å². The largest absolute Gasteiger partial charge is 0.481 e. The summed E-state index contributed by atoms with van der Waals surface area (Å²) in [5, 5.41) is 9.25. The van der Waals surface area contributed by atoms with Crippen LogP contribution in [0.1, 0.15) is 48.3 Å². The first kappa shape index (κ1) is 16.2. The summed E-state index contributed by atoms with van der Waals surface area (Å²) in [6, 6.07) is 3.37. The molecule has 0 fully saturated rings. The molecule has 6 heteroatoms. The van der Waals surface area contributed by atoms with Crippen molar-refractivity contribution in [2.45, 2.75) is 33.2 Å². The molecule has 0 aliphatic carbocycles. The highest BCUT2D eigenvalue weighted by molar-refractivity contribution is 5.88. The van der Waals surface area contributed by atoms with E-state index in [1.54, 1.807) is 7.11 Å². The van der Waals surface area contributed by atoms with E-state index in [0.29, 0.717) is 17.3 Å². The molecule has 0 radical (unpaired) electrons. The van der Waals surface area contributed by atoms with Crippen molar-refractivity contribution in [1.29, 1.82) is 0 Å². The Kier molecular flexibility index (Phi) is 3.91. The molecule has 6 nitrogen and oxygen atoms in total. The lowest BCUT2D eigenvalue weighted by atomic mass is 9.95. The third-order valence-corrected chi connectivity index (χ3v) is 4.47. The van der Waals surface area contributed by atoms with Gasteiger partial charge >= 0.3 is 5.97 Å². The fraction of sp³-hybridized carbons (Fsp3) is 0.389. The number of carboxylic acids is 1. The van der Waals surface area contributed by atoms with Gasteiger partial charge in [0.25, 0.3) is 0 Å². The Hall–Kier alpha value is -2.63. The van der Waals surface area contributed by atoms with Crippen LogP contribution in [0.2, 0.25) is 0 Å². The number of pyridine rings is 2. The van der Waals surface area contributed by atoms with Gasteiger partial charge in [-0.2, -0.15) is 0 Å². The van der Waals surface area contributed by atoms with Gasteiger partial charge in [0.1, 0.15) is 5.56 Å². The maximum absolute atomic E-state index is 12.1. The number of aryl methyl sites for hydroxylation is 1. The highest BCUT2D eigenvalue weighted by Gasteiger charge is 2.33. The van der Waals surface area contributed by atoms with E-state index >= 15 is 0 Å². The van der Waals surface area contributed by atoms with Gasteiger partial charge in [-0.15, -0.1) is 0 Å². The number of carbonyl (C=O) groups is 1. The van der Waals surface area contributed by atoms with Gasteiger partial charge in [-0.25, -0.2) is 9.78 Å². The van der Waals surface area contributed by atoms with E-state index < -0.39 is 11.4 Å². The van der Waals surface area contributed by atoms with Crippen molar-refractivity contribution in [3.05, 3.63) is 45.2 Å². The lowest BCUT2D eigenvalue weighted by Crippen LogP contribution is -2.20. The first-order valence-corrected chi connectivity index (χ1v) is 7.96. The molecule has 0 amide bonds. The molecular formula is C18H20N2O4. The van der Waals surface area contributed by atoms with E-state index in [2.05, 4.69) is 24.9 Å². The quantitative estimate of drug-likeness (QED) is 0.933. The number of ether oxygens (including phenoxy) is 1. The molecule has 1 aliphatic heterocycles. The minimum Gasteiger partial charge on any atom is -0.481 e. The summed E-state index contributed by atoms with van der Waals surface area (Å²) in [4.78, 5) is 28.1. The second kappa shape index (κ2) is 5.78. The number of nitrogens with zero attached hydrogens (tertiary/aromatic N) is 2. The fourth-order valence-corrected chi connectivity index (χ4v) is 3.38. The second-order valence-electron chi connectivity index (χ2n) is 6.29. The number of rotatable bonds is 4. The summed E-state index contributed by atoms with van der Waals surface area (Å²) in [6.07, 6.45) is 2.22. The van der Waals surface area contributed by atoms with Crippen molar-refractivity contribution in [1.82, 2.24) is 9.55 Å². The summed E-state index contributed by atoms with van der Waals surface area (Å²) in [6.45, 7) is 6.17. The molecule has 3 rings (SSSR count). The van der Waals surface area contributed by atoms with E-state index in [1.807, 2.05) is 11.5 Å². The van der Waals surface area contributed by atoms with Crippen LogP contribution >= 0.6 is 0 Å². The van der Waals surface area contributed by atoms with Crippen LogP contribution in [0.15, 0.2) is 23.1 Å². The van der Waals surface area contributed by atoms with Gasteiger partial charge in [0.2, 0.25) is 5.88 Å². The number of aromatic carboxylic acids is 1. The van der Waals surface area contributed by atoms with Crippen molar-refractivity contribution in [3.8, 4) is 17.3 Å². The fourth-order valence-electron chi connectivity index (χ4n) is 3.38. The summed E-state index contributed by atoms with van der Waals surface area (Å²) >= 11 is 0. The van der Waals surface area contributed by atoms with Crippen LogP contribution in [0.4, 0.5) is 0 Å². The van der Waals surface area contributed by atoms with Crippen LogP contribution in [0, 0.1) is 5.92 Å².